The maximum Gasteiger partial charge on any atom is 0.224 e. The van der Waals surface area contributed by atoms with Crippen molar-refractivity contribution in [3.8, 4) is 0 Å². The fraction of sp³-hybridized carbons (Fsp3) is 0.320. The Morgan fingerprint density at radius 3 is 2.97 bits per heavy atom. The van der Waals surface area contributed by atoms with Crippen LogP contribution in [0.4, 0.5) is 10.1 Å². The number of carbonyl (C=O) groups excluding carboxylic acids is 1. The van der Waals surface area contributed by atoms with E-state index in [1.807, 2.05) is 35.1 Å². The van der Waals surface area contributed by atoms with E-state index in [9.17, 15) is 9.18 Å². The highest BCUT2D eigenvalue weighted by Crippen LogP contribution is 2.30. The second-order valence-corrected chi connectivity index (χ2v) is 8.37. The highest BCUT2D eigenvalue weighted by atomic mass is 19.1. The standard InChI is InChI=1S/C25H26FN5O/c26-20-8-9-23-21(15-20)24(10-12-27-23)30-13-3-6-19(16-30)25(32)28-11-4-14-31-17-18-5-1-2-7-22(18)29-31/h1-2,5,7-10,12,15,17,19H,3-4,6,11,13-14,16H2,(H,28,32). The molecule has 0 aliphatic carbocycles. The normalized spacial score (nSPS) is 16.5. The average Bonchev–Trinajstić information content (AvgIpc) is 3.24. The first kappa shape index (κ1) is 20.4. The van der Waals surface area contributed by atoms with Crippen molar-refractivity contribution in [1.82, 2.24) is 20.1 Å². The molecule has 1 N–H and O–H groups in total. The third kappa shape index (κ3) is 4.28. The number of fused-ring (bicyclic) bond motifs is 2. The van der Waals surface area contributed by atoms with Crippen LogP contribution < -0.4 is 10.2 Å². The first-order chi connectivity index (χ1) is 15.7. The number of carbonyl (C=O) groups is 1. The predicted molar refractivity (Wildman–Crippen MR) is 124 cm³/mol. The molecule has 0 radical (unpaired) electrons. The summed E-state index contributed by atoms with van der Waals surface area (Å²) < 4.78 is 15.8. The zero-order valence-corrected chi connectivity index (χ0v) is 17.9. The van der Waals surface area contributed by atoms with Gasteiger partial charge in [-0.3, -0.25) is 14.5 Å². The van der Waals surface area contributed by atoms with Crippen LogP contribution in [-0.4, -0.2) is 40.3 Å². The zero-order valence-electron chi connectivity index (χ0n) is 17.9. The number of anilines is 1. The van der Waals surface area contributed by atoms with Gasteiger partial charge < -0.3 is 10.2 Å². The number of nitrogens with zero attached hydrogens (tertiary/aromatic N) is 4. The number of hydrogen-bond donors (Lipinski definition) is 1. The summed E-state index contributed by atoms with van der Waals surface area (Å²) >= 11 is 0. The van der Waals surface area contributed by atoms with Gasteiger partial charge in [0.2, 0.25) is 5.91 Å². The van der Waals surface area contributed by atoms with Crippen molar-refractivity contribution in [1.29, 1.82) is 0 Å². The number of halogens is 1. The molecule has 5 rings (SSSR count). The van der Waals surface area contributed by atoms with E-state index >= 15 is 0 Å². The number of aryl methyl sites for hydroxylation is 1. The molecule has 1 aliphatic heterocycles. The van der Waals surface area contributed by atoms with Crippen LogP contribution >= 0.6 is 0 Å². The summed E-state index contributed by atoms with van der Waals surface area (Å²) in [6.07, 6.45) is 6.40. The van der Waals surface area contributed by atoms with Gasteiger partial charge in [-0.2, -0.15) is 5.10 Å². The SMILES string of the molecule is O=C(NCCCn1cc2ccccc2n1)C1CCCN(c2ccnc3ccc(F)cc23)C1. The Hall–Kier alpha value is -3.48. The largest absolute Gasteiger partial charge is 0.370 e. The van der Waals surface area contributed by atoms with E-state index < -0.39 is 0 Å². The van der Waals surface area contributed by atoms with Gasteiger partial charge in [0.15, 0.2) is 0 Å². The Morgan fingerprint density at radius 1 is 1.16 bits per heavy atom. The second kappa shape index (κ2) is 8.94. The smallest absolute Gasteiger partial charge is 0.224 e. The minimum atomic E-state index is -0.275. The van der Waals surface area contributed by atoms with Crippen LogP contribution in [0.25, 0.3) is 21.8 Å². The molecule has 32 heavy (non-hydrogen) atoms. The van der Waals surface area contributed by atoms with Gasteiger partial charge in [-0.05, 0) is 49.6 Å². The van der Waals surface area contributed by atoms with E-state index in [4.69, 9.17) is 0 Å². The van der Waals surface area contributed by atoms with Crippen LogP contribution in [0.5, 0.6) is 0 Å². The van der Waals surface area contributed by atoms with Crippen molar-refractivity contribution in [2.45, 2.75) is 25.8 Å². The highest BCUT2D eigenvalue weighted by Gasteiger charge is 2.26. The van der Waals surface area contributed by atoms with E-state index in [-0.39, 0.29) is 17.6 Å². The van der Waals surface area contributed by atoms with Crippen LogP contribution in [0.3, 0.4) is 0 Å². The number of rotatable bonds is 6. The Labute approximate surface area is 186 Å². The second-order valence-electron chi connectivity index (χ2n) is 8.37. The minimum absolute atomic E-state index is 0.0761. The lowest BCUT2D eigenvalue weighted by molar-refractivity contribution is -0.125. The highest BCUT2D eigenvalue weighted by molar-refractivity contribution is 5.92. The molecular formula is C25H26FN5O. The van der Waals surface area contributed by atoms with Crippen LogP contribution in [0.1, 0.15) is 19.3 Å². The van der Waals surface area contributed by atoms with Crippen LogP contribution in [0, 0.1) is 11.7 Å². The molecule has 1 saturated heterocycles. The van der Waals surface area contributed by atoms with E-state index in [2.05, 4.69) is 26.4 Å². The summed E-state index contributed by atoms with van der Waals surface area (Å²) in [5.41, 5.74) is 2.70. The quantitative estimate of drug-likeness (QED) is 0.466. The van der Waals surface area contributed by atoms with Gasteiger partial charge in [0.1, 0.15) is 5.82 Å². The molecule has 2 aromatic carbocycles. The predicted octanol–water partition coefficient (Wildman–Crippen LogP) is 4.15. The lowest BCUT2D eigenvalue weighted by Gasteiger charge is -2.34. The van der Waals surface area contributed by atoms with E-state index in [0.717, 1.165) is 59.8 Å². The first-order valence-electron chi connectivity index (χ1n) is 11.2. The van der Waals surface area contributed by atoms with Crippen LogP contribution in [-0.2, 0) is 11.3 Å². The molecule has 2 aromatic heterocycles. The zero-order chi connectivity index (χ0) is 21.9. The van der Waals surface area contributed by atoms with Crippen molar-refractivity contribution in [2.24, 2.45) is 5.92 Å². The van der Waals surface area contributed by atoms with E-state index in [1.54, 1.807) is 12.3 Å². The average molecular weight is 432 g/mol. The van der Waals surface area contributed by atoms with E-state index in [1.165, 1.54) is 12.1 Å². The first-order valence-corrected chi connectivity index (χ1v) is 11.2. The third-order valence-electron chi connectivity index (χ3n) is 6.14. The number of aromatic nitrogens is 3. The number of piperidine rings is 1. The summed E-state index contributed by atoms with van der Waals surface area (Å²) in [6, 6.07) is 14.6. The fourth-order valence-electron chi connectivity index (χ4n) is 4.52. The Balaban J connectivity index is 1.17. The van der Waals surface area contributed by atoms with E-state index in [0.29, 0.717) is 13.1 Å². The van der Waals surface area contributed by atoms with Crippen molar-refractivity contribution in [2.75, 3.05) is 24.5 Å². The molecular weight excluding hydrogens is 405 g/mol. The summed E-state index contributed by atoms with van der Waals surface area (Å²) in [7, 11) is 0. The van der Waals surface area contributed by atoms with Crippen molar-refractivity contribution >= 4 is 33.4 Å². The minimum Gasteiger partial charge on any atom is -0.370 e. The molecule has 1 aliphatic rings. The maximum atomic E-state index is 13.8. The molecule has 4 aromatic rings. The number of benzene rings is 2. The van der Waals surface area contributed by atoms with Gasteiger partial charge in [0.25, 0.3) is 0 Å². The number of amides is 1. The van der Waals surface area contributed by atoms with Gasteiger partial charge in [0.05, 0.1) is 17.0 Å². The lowest BCUT2D eigenvalue weighted by atomic mass is 9.96. The van der Waals surface area contributed by atoms with Crippen molar-refractivity contribution < 1.29 is 9.18 Å². The number of nitrogens with one attached hydrogen (secondary N) is 1. The van der Waals surface area contributed by atoms with Crippen molar-refractivity contribution in [3.63, 3.8) is 0 Å². The van der Waals surface area contributed by atoms with Gasteiger partial charge in [-0.1, -0.05) is 18.2 Å². The Morgan fingerprint density at radius 2 is 2.06 bits per heavy atom. The van der Waals surface area contributed by atoms with Crippen LogP contribution in [0.15, 0.2) is 60.9 Å². The van der Waals surface area contributed by atoms with Gasteiger partial charge >= 0.3 is 0 Å². The summed E-state index contributed by atoms with van der Waals surface area (Å²) in [6.45, 7) is 2.87. The Bertz CT molecular complexity index is 1220. The molecule has 0 saturated carbocycles. The maximum absolute atomic E-state index is 13.8. The molecule has 1 atom stereocenters. The molecule has 1 unspecified atom stereocenters. The molecule has 164 valence electrons. The van der Waals surface area contributed by atoms with Gasteiger partial charge in [0, 0.05) is 55.0 Å². The molecule has 6 nitrogen and oxygen atoms in total. The molecule has 3 heterocycles. The van der Waals surface area contributed by atoms with Crippen molar-refractivity contribution in [3.05, 3.63) is 66.7 Å². The molecule has 7 heteroatoms. The number of hydrogen-bond acceptors (Lipinski definition) is 4. The molecule has 1 amide bonds. The van der Waals surface area contributed by atoms with Gasteiger partial charge in [-0.25, -0.2) is 4.39 Å². The lowest BCUT2D eigenvalue weighted by Crippen LogP contribution is -2.43. The molecule has 1 fully saturated rings. The molecule has 0 bridgehead atoms. The topological polar surface area (TPSA) is 63.1 Å². The molecule has 0 spiro atoms. The summed E-state index contributed by atoms with van der Waals surface area (Å²) in [5, 5.41) is 9.57. The third-order valence-corrected chi connectivity index (χ3v) is 6.14. The summed E-state index contributed by atoms with van der Waals surface area (Å²) in [4.78, 5) is 19.3. The monoisotopic (exact) mass is 431 g/mol. The Kier molecular flexibility index (Phi) is 5.71. The van der Waals surface area contributed by atoms with Gasteiger partial charge in [-0.15, -0.1) is 0 Å². The number of pyridine rings is 1. The fourth-order valence-corrected chi connectivity index (χ4v) is 4.52. The van der Waals surface area contributed by atoms with Crippen LogP contribution in [0.2, 0.25) is 0 Å². The summed E-state index contributed by atoms with van der Waals surface area (Å²) in [5.74, 6) is -0.263.